The number of hydrogen-bond donors (Lipinski definition) is 1. The molecule has 4 heteroatoms. The van der Waals surface area contributed by atoms with Crippen molar-refractivity contribution in [2.24, 2.45) is 17.8 Å². The zero-order valence-corrected chi connectivity index (χ0v) is 9.85. The van der Waals surface area contributed by atoms with Crippen molar-refractivity contribution in [3.05, 3.63) is 0 Å². The molecular formula is C12H19NO3. The van der Waals surface area contributed by atoms with E-state index in [9.17, 15) is 9.59 Å². The van der Waals surface area contributed by atoms with E-state index in [1.165, 1.54) is 4.90 Å². The topological polar surface area (TPSA) is 57.6 Å². The monoisotopic (exact) mass is 225 g/mol. The Labute approximate surface area is 95.6 Å². The average Bonchev–Trinajstić information content (AvgIpc) is 2.80. The number of likely N-dealkylation sites (tertiary alicyclic amines) is 1. The number of aliphatic hydroxyl groups excluding tert-OH is 1. The predicted octanol–water partition coefficient (Wildman–Crippen LogP) is 0.788. The van der Waals surface area contributed by atoms with E-state index in [4.69, 9.17) is 5.11 Å². The smallest absolute Gasteiger partial charge is 0.233 e. The van der Waals surface area contributed by atoms with Crippen LogP contribution in [0, 0.1) is 17.8 Å². The molecule has 2 aliphatic rings. The van der Waals surface area contributed by atoms with Gasteiger partial charge in [-0.25, -0.2) is 0 Å². The van der Waals surface area contributed by atoms with Crippen LogP contribution in [0.25, 0.3) is 0 Å². The van der Waals surface area contributed by atoms with Gasteiger partial charge in [-0.15, -0.1) is 0 Å². The number of aliphatic hydroxyl groups is 1. The molecule has 3 unspecified atom stereocenters. The summed E-state index contributed by atoms with van der Waals surface area (Å²) in [4.78, 5) is 25.4. The van der Waals surface area contributed by atoms with Gasteiger partial charge in [0.05, 0.1) is 24.5 Å². The van der Waals surface area contributed by atoms with Crippen LogP contribution in [-0.4, -0.2) is 34.5 Å². The third kappa shape index (κ3) is 1.56. The van der Waals surface area contributed by atoms with E-state index in [0.717, 1.165) is 19.3 Å². The van der Waals surface area contributed by atoms with Gasteiger partial charge in [-0.1, -0.05) is 13.3 Å². The zero-order chi connectivity index (χ0) is 11.9. The van der Waals surface area contributed by atoms with Crippen molar-refractivity contribution < 1.29 is 14.7 Å². The Morgan fingerprint density at radius 1 is 1.31 bits per heavy atom. The lowest BCUT2D eigenvalue weighted by molar-refractivity contribution is -0.143. The maximum Gasteiger partial charge on any atom is 0.233 e. The van der Waals surface area contributed by atoms with Gasteiger partial charge in [0.1, 0.15) is 0 Å². The molecule has 2 fully saturated rings. The number of fused-ring (bicyclic) bond motifs is 1. The lowest BCUT2D eigenvalue weighted by atomic mass is 10.00. The van der Waals surface area contributed by atoms with Crippen LogP contribution in [0.1, 0.15) is 33.1 Å². The summed E-state index contributed by atoms with van der Waals surface area (Å²) < 4.78 is 0. The fourth-order valence-electron chi connectivity index (χ4n) is 3.00. The summed E-state index contributed by atoms with van der Waals surface area (Å²) in [6.45, 7) is 3.68. The molecule has 1 saturated carbocycles. The first-order chi connectivity index (χ1) is 7.60. The number of rotatable bonds is 3. The molecule has 0 spiro atoms. The fourth-order valence-corrected chi connectivity index (χ4v) is 3.00. The zero-order valence-electron chi connectivity index (χ0n) is 9.85. The predicted molar refractivity (Wildman–Crippen MR) is 58.4 cm³/mol. The molecule has 1 N–H and O–H groups in total. The quantitative estimate of drug-likeness (QED) is 0.722. The van der Waals surface area contributed by atoms with E-state index in [0.29, 0.717) is 5.92 Å². The molecule has 90 valence electrons. The fraction of sp³-hybridized carbons (Fsp3) is 0.833. The van der Waals surface area contributed by atoms with Crippen LogP contribution in [0.15, 0.2) is 0 Å². The Morgan fingerprint density at radius 3 is 2.19 bits per heavy atom. The third-order valence-corrected chi connectivity index (χ3v) is 4.05. The lowest BCUT2D eigenvalue weighted by Gasteiger charge is -2.22. The van der Waals surface area contributed by atoms with Crippen LogP contribution in [0.3, 0.4) is 0 Å². The van der Waals surface area contributed by atoms with Crippen molar-refractivity contribution in [1.29, 1.82) is 0 Å². The van der Waals surface area contributed by atoms with Gasteiger partial charge in [0, 0.05) is 0 Å². The second-order valence-electron chi connectivity index (χ2n) is 5.04. The van der Waals surface area contributed by atoms with Gasteiger partial charge in [0.25, 0.3) is 0 Å². The number of carbonyl (C=O) groups excluding carboxylic acids is 2. The molecule has 0 aromatic rings. The lowest BCUT2D eigenvalue weighted by Crippen LogP contribution is -2.41. The second-order valence-corrected chi connectivity index (χ2v) is 5.04. The minimum absolute atomic E-state index is 0.0625. The van der Waals surface area contributed by atoms with Crippen LogP contribution in [0.2, 0.25) is 0 Å². The standard InChI is InChI=1S/C12H19NO3/c1-3-8-4-9-10(5-8)12(16)13(11(9)15)7(2)6-14/h7-10,14H,3-6H2,1-2H3. The van der Waals surface area contributed by atoms with Crippen LogP contribution >= 0.6 is 0 Å². The summed E-state index contributed by atoms with van der Waals surface area (Å²) in [6.07, 6.45) is 2.74. The molecule has 1 aliphatic carbocycles. The summed E-state index contributed by atoms with van der Waals surface area (Å²) in [5.41, 5.74) is 0. The molecule has 16 heavy (non-hydrogen) atoms. The van der Waals surface area contributed by atoms with E-state index in [1.807, 2.05) is 0 Å². The second kappa shape index (κ2) is 4.17. The van der Waals surface area contributed by atoms with Gasteiger partial charge in [0.2, 0.25) is 11.8 Å². The highest BCUT2D eigenvalue weighted by Crippen LogP contribution is 2.44. The van der Waals surface area contributed by atoms with Crippen LogP contribution < -0.4 is 0 Å². The summed E-state index contributed by atoms with van der Waals surface area (Å²) in [5, 5.41) is 9.05. The van der Waals surface area contributed by atoms with Crippen LogP contribution in [0.4, 0.5) is 0 Å². The number of imide groups is 1. The normalized spacial score (nSPS) is 35.7. The van der Waals surface area contributed by atoms with Crippen LogP contribution in [-0.2, 0) is 9.59 Å². The number of amides is 2. The first-order valence-electron chi connectivity index (χ1n) is 6.07. The van der Waals surface area contributed by atoms with Crippen molar-refractivity contribution in [2.45, 2.75) is 39.2 Å². The van der Waals surface area contributed by atoms with Crippen molar-refractivity contribution in [3.8, 4) is 0 Å². The first kappa shape index (κ1) is 11.6. The maximum atomic E-state index is 12.1. The highest BCUT2D eigenvalue weighted by Gasteiger charge is 2.53. The third-order valence-electron chi connectivity index (χ3n) is 4.05. The van der Waals surface area contributed by atoms with E-state index < -0.39 is 0 Å². The van der Waals surface area contributed by atoms with Gasteiger partial charge in [-0.3, -0.25) is 14.5 Å². The van der Waals surface area contributed by atoms with Crippen LogP contribution in [0.5, 0.6) is 0 Å². The molecule has 2 rings (SSSR count). The molecule has 2 amide bonds. The minimum Gasteiger partial charge on any atom is -0.394 e. The minimum atomic E-state index is -0.370. The average molecular weight is 225 g/mol. The van der Waals surface area contributed by atoms with Crippen molar-refractivity contribution in [3.63, 3.8) is 0 Å². The summed E-state index contributed by atoms with van der Waals surface area (Å²) in [7, 11) is 0. The molecule has 3 atom stereocenters. The molecule has 1 aliphatic heterocycles. The van der Waals surface area contributed by atoms with E-state index in [2.05, 4.69) is 6.92 Å². The van der Waals surface area contributed by atoms with Crippen molar-refractivity contribution in [1.82, 2.24) is 4.90 Å². The molecule has 0 aromatic carbocycles. The number of hydrogen-bond acceptors (Lipinski definition) is 3. The van der Waals surface area contributed by atoms with E-state index >= 15 is 0 Å². The highest BCUT2D eigenvalue weighted by atomic mass is 16.3. The Kier molecular flexibility index (Phi) is 3.02. The summed E-state index contributed by atoms with van der Waals surface area (Å²) >= 11 is 0. The number of nitrogens with zero attached hydrogens (tertiary/aromatic N) is 1. The molecule has 0 radical (unpaired) electrons. The molecular weight excluding hydrogens is 206 g/mol. The molecule has 1 saturated heterocycles. The largest absolute Gasteiger partial charge is 0.394 e. The van der Waals surface area contributed by atoms with E-state index in [1.54, 1.807) is 6.92 Å². The Morgan fingerprint density at radius 2 is 1.81 bits per heavy atom. The molecule has 4 nitrogen and oxygen atoms in total. The first-order valence-corrected chi connectivity index (χ1v) is 6.07. The Bertz CT molecular complexity index is 291. The maximum absolute atomic E-state index is 12.1. The van der Waals surface area contributed by atoms with Gasteiger partial charge in [-0.2, -0.15) is 0 Å². The molecule has 1 heterocycles. The van der Waals surface area contributed by atoms with Gasteiger partial charge in [-0.05, 0) is 25.7 Å². The van der Waals surface area contributed by atoms with Gasteiger partial charge < -0.3 is 5.11 Å². The Balaban J connectivity index is 2.16. The number of carbonyl (C=O) groups is 2. The van der Waals surface area contributed by atoms with Gasteiger partial charge >= 0.3 is 0 Å². The van der Waals surface area contributed by atoms with Crippen molar-refractivity contribution in [2.75, 3.05) is 6.61 Å². The van der Waals surface area contributed by atoms with Gasteiger partial charge in [0.15, 0.2) is 0 Å². The van der Waals surface area contributed by atoms with Crippen molar-refractivity contribution >= 4 is 11.8 Å². The Hall–Kier alpha value is -0.900. The van der Waals surface area contributed by atoms with E-state index in [-0.39, 0.29) is 36.3 Å². The SMILES string of the molecule is CCC1CC2C(=O)N(C(C)CO)C(=O)C2C1. The molecule has 0 aromatic heterocycles. The molecule has 0 bridgehead atoms. The highest BCUT2D eigenvalue weighted by molar-refractivity contribution is 6.05. The summed E-state index contributed by atoms with van der Waals surface area (Å²) in [6, 6.07) is -0.370. The summed E-state index contributed by atoms with van der Waals surface area (Å²) in [5.74, 6) is 0.187.